The molecule has 7 nitrogen and oxygen atoms in total. The predicted octanol–water partition coefficient (Wildman–Crippen LogP) is 3.24. The van der Waals surface area contributed by atoms with Crippen molar-refractivity contribution in [3.8, 4) is 6.07 Å². The highest BCUT2D eigenvalue weighted by molar-refractivity contribution is 7.98. The minimum absolute atomic E-state index is 0.0289. The minimum Gasteiger partial charge on any atom is -0.296 e. The Kier molecular flexibility index (Phi) is 7.12. The number of carbonyl (C=O) groups excluding carboxylic acids is 1. The minimum atomic E-state index is -3.60. The molecule has 1 aromatic carbocycles. The van der Waals surface area contributed by atoms with Crippen LogP contribution in [0, 0.1) is 17.2 Å². The molecule has 0 aliphatic rings. The summed E-state index contributed by atoms with van der Waals surface area (Å²) in [5, 5.41) is 11.4. The number of sulfone groups is 1. The highest BCUT2D eigenvalue weighted by atomic mass is 32.2. The lowest BCUT2D eigenvalue weighted by molar-refractivity contribution is -0.112. The molecule has 1 aromatic heterocycles. The lowest BCUT2D eigenvalue weighted by atomic mass is 10.1. The Hall–Kier alpha value is -2.22. The van der Waals surface area contributed by atoms with Crippen molar-refractivity contribution in [2.24, 2.45) is 5.92 Å². The molecule has 1 heterocycles. The third kappa shape index (κ3) is 5.89. The largest absolute Gasteiger partial charge is 0.296 e. The van der Waals surface area contributed by atoms with Crippen LogP contribution in [0.2, 0.25) is 0 Å². The molecule has 1 N–H and O–H groups in total. The molecule has 1 amide bonds. The van der Waals surface area contributed by atoms with E-state index in [1.807, 2.05) is 24.5 Å². The summed E-state index contributed by atoms with van der Waals surface area (Å²) in [4.78, 5) is 17.2. The first kappa shape index (κ1) is 21.1. The Labute approximate surface area is 166 Å². The molecular formula is C17H18N4O3S3. The van der Waals surface area contributed by atoms with Crippen LogP contribution in [-0.2, 0) is 14.6 Å². The number of nitrogens with one attached hydrogen (secondary N) is 1. The zero-order valence-electron chi connectivity index (χ0n) is 15.0. The topological polar surface area (TPSA) is 113 Å². The zero-order valence-corrected chi connectivity index (χ0v) is 17.4. The van der Waals surface area contributed by atoms with E-state index < -0.39 is 15.7 Å². The summed E-state index contributed by atoms with van der Waals surface area (Å²) in [6.45, 7) is 3.56. The second-order valence-electron chi connectivity index (χ2n) is 5.95. The molecule has 0 saturated carbocycles. The van der Waals surface area contributed by atoms with Crippen molar-refractivity contribution in [1.29, 1.82) is 5.26 Å². The lowest BCUT2D eigenvalue weighted by Gasteiger charge is -2.02. The number of benzene rings is 1. The fraction of sp³-hybridized carbons (Fsp3) is 0.294. The maximum absolute atomic E-state index is 12.3. The van der Waals surface area contributed by atoms with Crippen LogP contribution in [0.1, 0.15) is 19.4 Å². The second-order valence-corrected chi connectivity index (χ2v) is 9.51. The van der Waals surface area contributed by atoms with Gasteiger partial charge in [0.1, 0.15) is 11.6 Å². The molecule has 0 radical (unpaired) electrons. The van der Waals surface area contributed by atoms with Crippen LogP contribution in [-0.4, -0.2) is 35.7 Å². The third-order valence-corrected chi connectivity index (χ3v) is 6.58. The fourth-order valence-electron chi connectivity index (χ4n) is 2.08. The molecule has 2 rings (SSSR count). The highest BCUT2D eigenvalue weighted by Gasteiger charge is 2.23. The van der Waals surface area contributed by atoms with E-state index in [2.05, 4.69) is 14.7 Å². The van der Waals surface area contributed by atoms with Gasteiger partial charge in [0.05, 0.1) is 5.75 Å². The van der Waals surface area contributed by atoms with Gasteiger partial charge < -0.3 is 0 Å². The number of anilines is 1. The van der Waals surface area contributed by atoms with Crippen LogP contribution in [0.3, 0.4) is 0 Å². The molecule has 0 fully saturated rings. The summed E-state index contributed by atoms with van der Waals surface area (Å²) in [7, 11) is -3.60. The molecule has 0 bridgehead atoms. The first-order valence-corrected chi connectivity index (χ1v) is 11.5. The van der Waals surface area contributed by atoms with E-state index in [1.165, 1.54) is 6.08 Å². The van der Waals surface area contributed by atoms with Crippen molar-refractivity contribution in [2.45, 2.75) is 23.9 Å². The van der Waals surface area contributed by atoms with Crippen molar-refractivity contribution in [3.05, 3.63) is 35.4 Å². The molecule has 27 heavy (non-hydrogen) atoms. The van der Waals surface area contributed by atoms with E-state index in [-0.39, 0.29) is 27.5 Å². The van der Waals surface area contributed by atoms with Gasteiger partial charge in [0.15, 0.2) is 0 Å². The maximum atomic E-state index is 12.3. The number of nitrogens with zero attached hydrogens (tertiary/aromatic N) is 3. The summed E-state index contributed by atoms with van der Waals surface area (Å²) in [6, 6.07) is 9.23. The first-order valence-electron chi connectivity index (χ1n) is 7.89. The third-order valence-electron chi connectivity index (χ3n) is 3.25. The normalized spacial score (nSPS) is 12.0. The van der Waals surface area contributed by atoms with Crippen LogP contribution in [0.25, 0.3) is 6.08 Å². The molecule has 0 atom stereocenters. The Morgan fingerprint density at radius 2 is 2.04 bits per heavy atom. The van der Waals surface area contributed by atoms with E-state index in [9.17, 15) is 18.5 Å². The van der Waals surface area contributed by atoms with Crippen molar-refractivity contribution >= 4 is 50.2 Å². The van der Waals surface area contributed by atoms with Crippen LogP contribution in [0.4, 0.5) is 5.13 Å². The van der Waals surface area contributed by atoms with E-state index in [4.69, 9.17) is 0 Å². The number of hydrogen-bond acceptors (Lipinski definition) is 8. The van der Waals surface area contributed by atoms with Gasteiger partial charge in [-0.05, 0) is 35.9 Å². The van der Waals surface area contributed by atoms with Gasteiger partial charge in [-0.2, -0.15) is 14.6 Å². The number of thioether (sulfide) groups is 1. The van der Waals surface area contributed by atoms with E-state index in [1.54, 1.807) is 37.7 Å². The monoisotopic (exact) mass is 422 g/mol. The quantitative estimate of drug-likeness (QED) is 0.414. The van der Waals surface area contributed by atoms with Gasteiger partial charge in [-0.3, -0.25) is 10.1 Å². The van der Waals surface area contributed by atoms with Crippen LogP contribution in [0.15, 0.2) is 39.9 Å². The number of rotatable bonds is 7. The smallest absolute Gasteiger partial charge is 0.268 e. The molecule has 0 aliphatic carbocycles. The van der Waals surface area contributed by atoms with Gasteiger partial charge in [-0.25, -0.2) is 8.42 Å². The molecular weight excluding hydrogens is 404 g/mol. The number of hydrogen-bond donors (Lipinski definition) is 1. The van der Waals surface area contributed by atoms with Crippen molar-refractivity contribution in [3.63, 3.8) is 0 Å². The van der Waals surface area contributed by atoms with E-state index >= 15 is 0 Å². The number of aromatic nitrogens is 2. The Balaban J connectivity index is 2.15. The first-order chi connectivity index (χ1) is 12.7. The number of nitriles is 1. The summed E-state index contributed by atoms with van der Waals surface area (Å²) >= 11 is 2.35. The molecule has 2 aromatic rings. The zero-order chi connectivity index (χ0) is 20.0. The van der Waals surface area contributed by atoms with Gasteiger partial charge in [-0.1, -0.05) is 26.0 Å². The van der Waals surface area contributed by atoms with E-state index in [0.717, 1.165) is 16.4 Å². The average Bonchev–Trinajstić information content (AvgIpc) is 3.08. The molecule has 0 aliphatic heterocycles. The molecule has 142 valence electrons. The Morgan fingerprint density at radius 3 is 2.59 bits per heavy atom. The Bertz CT molecular complexity index is 987. The SMILES string of the molecule is CSc1ccc(C=C(C#N)C(=O)Nc2nc(S(=O)(=O)CC(C)C)ns2)cc1. The summed E-state index contributed by atoms with van der Waals surface area (Å²) < 4.78 is 28.1. The second kappa shape index (κ2) is 9.12. The molecule has 0 unspecified atom stereocenters. The summed E-state index contributed by atoms with van der Waals surface area (Å²) in [5.41, 5.74) is 0.589. The van der Waals surface area contributed by atoms with Crippen molar-refractivity contribution in [2.75, 3.05) is 17.3 Å². The predicted molar refractivity (Wildman–Crippen MR) is 107 cm³/mol. The van der Waals surface area contributed by atoms with Gasteiger partial charge in [0, 0.05) is 16.4 Å². The van der Waals surface area contributed by atoms with Gasteiger partial charge in [0.2, 0.25) is 15.0 Å². The standard InChI is InChI=1S/C17H18N4O3S3/c1-11(2)10-27(23,24)17-20-16(26-21-17)19-15(22)13(9-18)8-12-4-6-14(25-3)7-5-12/h4-8,11H,10H2,1-3H3,(H,19,20,21,22). The Morgan fingerprint density at radius 1 is 1.37 bits per heavy atom. The number of amides is 1. The highest BCUT2D eigenvalue weighted by Crippen LogP contribution is 2.19. The summed E-state index contributed by atoms with van der Waals surface area (Å²) in [6.07, 6.45) is 3.41. The van der Waals surface area contributed by atoms with Crippen molar-refractivity contribution < 1.29 is 13.2 Å². The van der Waals surface area contributed by atoms with Crippen LogP contribution in [0.5, 0.6) is 0 Å². The molecule has 10 heteroatoms. The van der Waals surface area contributed by atoms with Gasteiger partial charge in [0.25, 0.3) is 11.1 Å². The van der Waals surface area contributed by atoms with Gasteiger partial charge >= 0.3 is 0 Å². The molecule has 0 spiro atoms. The fourth-order valence-corrected chi connectivity index (χ4v) is 4.84. The van der Waals surface area contributed by atoms with Crippen LogP contribution >= 0.6 is 23.3 Å². The van der Waals surface area contributed by atoms with Crippen molar-refractivity contribution in [1.82, 2.24) is 9.36 Å². The van der Waals surface area contributed by atoms with Crippen LogP contribution < -0.4 is 5.32 Å². The van der Waals surface area contributed by atoms with E-state index in [0.29, 0.717) is 5.56 Å². The lowest BCUT2D eigenvalue weighted by Crippen LogP contribution is -2.15. The maximum Gasteiger partial charge on any atom is 0.268 e. The summed E-state index contributed by atoms with van der Waals surface area (Å²) in [5.74, 6) is -0.815. The average molecular weight is 423 g/mol. The number of carbonyl (C=O) groups is 1. The van der Waals surface area contributed by atoms with Gasteiger partial charge in [-0.15, -0.1) is 11.8 Å². The molecule has 0 saturated heterocycles.